The monoisotopic (exact) mass is 592 g/mol. The molecule has 0 aromatic heterocycles. The summed E-state index contributed by atoms with van der Waals surface area (Å²) in [5.74, 6) is 1.53. The predicted octanol–water partition coefficient (Wildman–Crippen LogP) is 4.49. The summed E-state index contributed by atoms with van der Waals surface area (Å²) in [4.78, 5) is 45.9. The average Bonchev–Trinajstić information content (AvgIpc) is 3.22. The van der Waals surface area contributed by atoms with E-state index in [2.05, 4.69) is 37.9 Å². The number of rotatable bonds is 11. The van der Waals surface area contributed by atoms with Gasteiger partial charge in [0.15, 0.2) is 11.5 Å². The van der Waals surface area contributed by atoms with Crippen LogP contribution >= 0.6 is 0 Å². The Morgan fingerprint density at radius 1 is 1.00 bits per heavy atom. The maximum absolute atomic E-state index is 14.0. The summed E-state index contributed by atoms with van der Waals surface area (Å²) >= 11 is 0. The first-order valence-corrected chi connectivity index (χ1v) is 15.3. The smallest absolute Gasteiger partial charge is 0.250 e. The number of methoxy groups -OCH3 is 2. The van der Waals surface area contributed by atoms with Gasteiger partial charge in [0, 0.05) is 31.7 Å². The highest BCUT2D eigenvalue weighted by Gasteiger charge is 2.54. The molecular formula is C34H48N4O5. The van der Waals surface area contributed by atoms with Crippen LogP contribution in [-0.2, 0) is 20.8 Å². The van der Waals surface area contributed by atoms with Gasteiger partial charge >= 0.3 is 0 Å². The van der Waals surface area contributed by atoms with Crippen molar-refractivity contribution in [3.05, 3.63) is 54.1 Å². The minimum absolute atomic E-state index is 0.0111. The van der Waals surface area contributed by atoms with Crippen LogP contribution in [0, 0.1) is 11.3 Å². The topological polar surface area (TPSA) is 91.4 Å². The molecule has 1 unspecified atom stereocenters. The Hall–Kier alpha value is -3.75. The lowest BCUT2D eigenvalue weighted by Gasteiger charge is -2.43. The van der Waals surface area contributed by atoms with Crippen LogP contribution in [0.1, 0.15) is 58.9 Å². The van der Waals surface area contributed by atoms with E-state index >= 15 is 0 Å². The van der Waals surface area contributed by atoms with Crippen LogP contribution in [0.5, 0.6) is 11.5 Å². The number of hydrogen-bond donors (Lipinski definition) is 1. The lowest BCUT2D eigenvalue weighted by Crippen LogP contribution is -2.57. The fourth-order valence-electron chi connectivity index (χ4n) is 6.60. The zero-order chi connectivity index (χ0) is 31.2. The van der Waals surface area contributed by atoms with Crippen LogP contribution in [0.15, 0.2) is 48.5 Å². The first kappa shape index (κ1) is 32.2. The molecule has 0 bridgehead atoms. The molecule has 2 heterocycles. The number of hydrogen-bond acceptors (Lipinski definition) is 6. The molecule has 2 aliphatic heterocycles. The van der Waals surface area contributed by atoms with Crippen LogP contribution in [-0.4, -0.2) is 80.1 Å². The number of nitrogens with zero attached hydrogens (tertiary/aromatic N) is 3. The molecule has 1 atom stereocenters. The minimum atomic E-state index is -0.769. The highest BCUT2D eigenvalue weighted by atomic mass is 16.5. The second-order valence-electron chi connectivity index (χ2n) is 13.2. The number of carbonyl (C=O) groups excluding carboxylic acids is 3. The largest absolute Gasteiger partial charge is 0.493 e. The molecule has 3 amide bonds. The normalized spacial score (nSPS) is 17.3. The molecule has 2 fully saturated rings. The van der Waals surface area contributed by atoms with Gasteiger partial charge in [-0.1, -0.05) is 52.0 Å². The Labute approximate surface area is 256 Å². The van der Waals surface area contributed by atoms with Crippen molar-refractivity contribution in [1.82, 2.24) is 15.1 Å². The summed E-state index contributed by atoms with van der Waals surface area (Å²) in [6.45, 7) is 10.6. The zero-order valence-corrected chi connectivity index (χ0v) is 26.7. The van der Waals surface area contributed by atoms with Crippen LogP contribution in [0.2, 0.25) is 0 Å². The van der Waals surface area contributed by atoms with Gasteiger partial charge in [0.1, 0.15) is 12.1 Å². The second-order valence-corrected chi connectivity index (χ2v) is 13.2. The van der Waals surface area contributed by atoms with Crippen molar-refractivity contribution < 1.29 is 23.9 Å². The van der Waals surface area contributed by atoms with Crippen LogP contribution in [0.4, 0.5) is 5.69 Å². The number of ether oxygens (including phenoxy) is 2. The van der Waals surface area contributed by atoms with E-state index < -0.39 is 5.54 Å². The zero-order valence-electron chi connectivity index (χ0n) is 26.7. The lowest BCUT2D eigenvalue weighted by molar-refractivity contribution is -0.140. The van der Waals surface area contributed by atoms with Crippen LogP contribution in [0.25, 0.3) is 0 Å². The standard InChI is InChI=1S/C34H48N4O5/c1-25(22-33(2,3)4)20-31(40)36-18-15-34(16-19-36)32(41)37(24-38(34)27-10-8-7-9-11-27)23-30(39)35-17-14-26-12-13-28(42-5)29(21-26)43-6/h7-13,21,25H,14-20,22-24H2,1-6H3,(H,35,39). The molecule has 9 heteroatoms. The van der Waals surface area contributed by atoms with Crippen LogP contribution < -0.4 is 19.7 Å². The Kier molecular flexibility index (Phi) is 10.2. The van der Waals surface area contributed by atoms with Crippen LogP contribution in [0.3, 0.4) is 0 Å². The number of likely N-dealkylation sites (tertiary alicyclic amines) is 1. The Balaban J connectivity index is 1.38. The van der Waals surface area contributed by atoms with E-state index in [0.717, 1.165) is 17.7 Å². The van der Waals surface area contributed by atoms with Gasteiger partial charge in [0.2, 0.25) is 11.8 Å². The lowest BCUT2D eigenvalue weighted by atomic mass is 9.83. The number of para-hydroxylation sites is 1. The van der Waals surface area contributed by atoms with E-state index in [4.69, 9.17) is 9.47 Å². The summed E-state index contributed by atoms with van der Waals surface area (Å²) in [5.41, 5.74) is 1.37. The number of amides is 3. The molecule has 1 spiro atoms. The number of benzene rings is 2. The first-order chi connectivity index (χ1) is 20.5. The van der Waals surface area contributed by atoms with E-state index in [0.29, 0.717) is 69.4 Å². The van der Waals surface area contributed by atoms with Gasteiger partial charge in [0.25, 0.3) is 5.91 Å². The summed E-state index contributed by atoms with van der Waals surface area (Å²) < 4.78 is 10.7. The fraction of sp³-hybridized carbons (Fsp3) is 0.559. The molecule has 2 aliphatic rings. The molecule has 2 saturated heterocycles. The Bertz CT molecular complexity index is 1270. The third-order valence-corrected chi connectivity index (χ3v) is 8.53. The van der Waals surface area contributed by atoms with E-state index in [1.54, 1.807) is 19.1 Å². The summed E-state index contributed by atoms with van der Waals surface area (Å²) in [5, 5.41) is 2.97. The highest BCUT2D eigenvalue weighted by Crippen LogP contribution is 2.40. The van der Waals surface area contributed by atoms with E-state index in [-0.39, 0.29) is 29.7 Å². The molecule has 2 aromatic rings. The maximum atomic E-state index is 14.0. The number of carbonyl (C=O) groups is 3. The van der Waals surface area contributed by atoms with E-state index in [9.17, 15) is 14.4 Å². The van der Waals surface area contributed by atoms with Gasteiger partial charge in [-0.2, -0.15) is 0 Å². The first-order valence-electron chi connectivity index (χ1n) is 15.3. The van der Waals surface area contributed by atoms with Gasteiger partial charge in [-0.3, -0.25) is 14.4 Å². The van der Waals surface area contributed by atoms with Gasteiger partial charge < -0.3 is 29.5 Å². The number of anilines is 1. The minimum Gasteiger partial charge on any atom is -0.493 e. The fourth-order valence-corrected chi connectivity index (χ4v) is 6.60. The molecule has 0 saturated carbocycles. The molecule has 9 nitrogen and oxygen atoms in total. The van der Waals surface area contributed by atoms with Crippen molar-refractivity contribution >= 4 is 23.4 Å². The van der Waals surface area contributed by atoms with Gasteiger partial charge in [-0.25, -0.2) is 0 Å². The van der Waals surface area contributed by atoms with Crippen molar-refractivity contribution in [2.24, 2.45) is 11.3 Å². The summed E-state index contributed by atoms with van der Waals surface area (Å²) in [6, 6.07) is 15.6. The van der Waals surface area contributed by atoms with E-state index in [1.165, 1.54) is 0 Å². The molecular weight excluding hydrogens is 544 g/mol. The molecule has 43 heavy (non-hydrogen) atoms. The third-order valence-electron chi connectivity index (χ3n) is 8.53. The molecule has 0 aliphatic carbocycles. The molecule has 234 valence electrons. The maximum Gasteiger partial charge on any atom is 0.250 e. The van der Waals surface area contributed by atoms with Gasteiger partial charge in [0.05, 0.1) is 20.9 Å². The number of piperidine rings is 1. The van der Waals surface area contributed by atoms with Gasteiger partial charge in [-0.05, 0) is 66.8 Å². The Morgan fingerprint density at radius 2 is 1.67 bits per heavy atom. The molecule has 0 radical (unpaired) electrons. The molecule has 2 aromatic carbocycles. The van der Waals surface area contributed by atoms with Crippen molar-refractivity contribution in [2.45, 2.75) is 65.3 Å². The third kappa shape index (κ3) is 7.80. The van der Waals surface area contributed by atoms with Crippen molar-refractivity contribution in [2.75, 3.05) is 52.0 Å². The van der Waals surface area contributed by atoms with Gasteiger partial charge in [-0.15, -0.1) is 0 Å². The second kappa shape index (κ2) is 13.7. The predicted molar refractivity (Wildman–Crippen MR) is 168 cm³/mol. The highest BCUT2D eigenvalue weighted by molar-refractivity contribution is 5.96. The number of nitrogens with one attached hydrogen (secondary N) is 1. The SMILES string of the molecule is COc1ccc(CCNC(=O)CN2CN(c3ccccc3)C3(CCN(C(=O)CC(C)CC(C)(C)C)CC3)C2=O)cc1OC. The van der Waals surface area contributed by atoms with Crippen molar-refractivity contribution in [3.8, 4) is 11.5 Å². The summed E-state index contributed by atoms with van der Waals surface area (Å²) in [6.07, 6.45) is 3.21. The van der Waals surface area contributed by atoms with Crippen molar-refractivity contribution in [3.63, 3.8) is 0 Å². The Morgan fingerprint density at radius 3 is 2.30 bits per heavy atom. The molecule has 4 rings (SSSR count). The molecule has 1 N–H and O–H groups in total. The summed E-state index contributed by atoms with van der Waals surface area (Å²) in [7, 11) is 3.19. The van der Waals surface area contributed by atoms with Crippen molar-refractivity contribution in [1.29, 1.82) is 0 Å². The average molecular weight is 593 g/mol. The van der Waals surface area contributed by atoms with E-state index in [1.807, 2.05) is 53.4 Å². The quantitative estimate of drug-likeness (QED) is 0.414.